The van der Waals surface area contributed by atoms with Crippen molar-refractivity contribution < 1.29 is 19.0 Å². The van der Waals surface area contributed by atoms with Crippen LogP contribution >= 0.6 is 11.6 Å². The van der Waals surface area contributed by atoms with Crippen molar-refractivity contribution in [1.82, 2.24) is 14.5 Å². The molecule has 0 bridgehead atoms. The maximum absolute atomic E-state index is 13.8. The van der Waals surface area contributed by atoms with Gasteiger partial charge >= 0.3 is 0 Å². The quantitative estimate of drug-likeness (QED) is 0.318. The lowest BCUT2D eigenvalue weighted by molar-refractivity contribution is 0.0729. The normalized spacial score (nSPS) is 11.0. The minimum absolute atomic E-state index is 0.177. The number of para-hydroxylation sites is 1. The summed E-state index contributed by atoms with van der Waals surface area (Å²) in [6.07, 6.45) is 0.849. The van der Waals surface area contributed by atoms with Crippen LogP contribution in [-0.2, 0) is 13.1 Å². The molecule has 0 spiro atoms. The highest BCUT2D eigenvalue weighted by Gasteiger charge is 2.25. The number of hydrogen-bond acceptors (Lipinski definition) is 5. The lowest BCUT2D eigenvalue weighted by Gasteiger charge is -2.25. The lowest BCUT2D eigenvalue weighted by atomic mass is 10.1. The second-order valence-electron chi connectivity index (χ2n) is 9.17. The molecule has 0 aliphatic carbocycles. The van der Waals surface area contributed by atoms with Gasteiger partial charge in [0.05, 0.1) is 50.7 Å². The van der Waals surface area contributed by atoms with Crippen molar-refractivity contribution in [2.24, 2.45) is 5.92 Å². The van der Waals surface area contributed by atoms with Crippen LogP contribution < -0.4 is 14.2 Å². The zero-order valence-electron chi connectivity index (χ0n) is 22.2. The van der Waals surface area contributed by atoms with Gasteiger partial charge < -0.3 is 23.7 Å². The number of ether oxygens (including phenoxy) is 3. The van der Waals surface area contributed by atoms with Gasteiger partial charge in [0.25, 0.3) is 5.91 Å². The zero-order valence-corrected chi connectivity index (χ0v) is 23.0. The summed E-state index contributed by atoms with van der Waals surface area (Å²) in [6.45, 7) is 9.83. The number of rotatable bonds is 11. The molecule has 0 unspecified atom stereocenters. The highest BCUT2D eigenvalue weighted by Crippen LogP contribution is 2.38. The zero-order chi connectivity index (χ0) is 26.4. The van der Waals surface area contributed by atoms with Crippen LogP contribution in [0.3, 0.4) is 0 Å². The predicted octanol–water partition coefficient (Wildman–Crippen LogP) is 5.92. The Morgan fingerprint density at radius 1 is 1.03 bits per heavy atom. The van der Waals surface area contributed by atoms with E-state index in [4.69, 9.17) is 30.8 Å². The molecule has 1 heterocycles. The van der Waals surface area contributed by atoms with Crippen molar-refractivity contribution in [3.05, 3.63) is 69.8 Å². The molecule has 7 nitrogen and oxygen atoms in total. The number of halogens is 1. The molecule has 0 atom stereocenters. The van der Waals surface area contributed by atoms with Gasteiger partial charge in [0.1, 0.15) is 11.6 Å². The van der Waals surface area contributed by atoms with E-state index in [-0.39, 0.29) is 10.9 Å². The van der Waals surface area contributed by atoms with Crippen molar-refractivity contribution in [2.45, 2.75) is 47.2 Å². The van der Waals surface area contributed by atoms with Crippen molar-refractivity contribution in [3.63, 3.8) is 0 Å². The summed E-state index contributed by atoms with van der Waals surface area (Å²) in [6, 6.07) is 11.3. The summed E-state index contributed by atoms with van der Waals surface area (Å²) in [5.41, 5.74) is 3.40. The Morgan fingerprint density at radius 2 is 1.72 bits per heavy atom. The van der Waals surface area contributed by atoms with Crippen LogP contribution in [0.15, 0.2) is 36.4 Å². The maximum atomic E-state index is 13.8. The van der Waals surface area contributed by atoms with Crippen LogP contribution in [0.2, 0.25) is 5.02 Å². The van der Waals surface area contributed by atoms with E-state index in [0.29, 0.717) is 42.6 Å². The molecule has 3 aromatic rings. The van der Waals surface area contributed by atoms with Crippen LogP contribution in [0, 0.1) is 19.8 Å². The molecule has 2 aromatic carbocycles. The molecule has 194 valence electrons. The summed E-state index contributed by atoms with van der Waals surface area (Å²) < 4.78 is 18.5. The summed E-state index contributed by atoms with van der Waals surface area (Å²) in [7, 11) is 4.72. The molecule has 0 fully saturated rings. The number of hydrogen-bond donors (Lipinski definition) is 0. The maximum Gasteiger partial charge on any atom is 0.255 e. The van der Waals surface area contributed by atoms with Crippen molar-refractivity contribution in [3.8, 4) is 17.2 Å². The fourth-order valence-electron chi connectivity index (χ4n) is 4.12. The number of aromatic nitrogens is 2. The number of benzene rings is 2. The van der Waals surface area contributed by atoms with E-state index in [1.54, 1.807) is 19.2 Å². The van der Waals surface area contributed by atoms with Gasteiger partial charge in [-0.25, -0.2) is 4.98 Å². The van der Waals surface area contributed by atoms with Crippen LogP contribution in [-0.4, -0.2) is 48.2 Å². The Kier molecular flexibility index (Phi) is 9.26. The fraction of sp³-hybridized carbons (Fsp3) is 0.429. The minimum atomic E-state index is -0.177. The predicted molar refractivity (Wildman–Crippen MR) is 143 cm³/mol. The Balaban J connectivity index is 1.99. The average molecular weight is 514 g/mol. The molecule has 3 rings (SSSR count). The first-order valence-electron chi connectivity index (χ1n) is 12.1. The molecule has 0 aliphatic heterocycles. The van der Waals surface area contributed by atoms with E-state index in [2.05, 4.69) is 18.4 Å². The van der Waals surface area contributed by atoms with Crippen LogP contribution in [0.25, 0.3) is 0 Å². The molecule has 0 aliphatic rings. The second kappa shape index (κ2) is 12.2. The molecule has 0 N–H and O–H groups in total. The number of imidazole rings is 1. The van der Waals surface area contributed by atoms with Crippen molar-refractivity contribution >= 4 is 17.5 Å². The summed E-state index contributed by atoms with van der Waals surface area (Å²) in [5.74, 6) is 2.70. The van der Waals surface area contributed by atoms with E-state index >= 15 is 0 Å². The van der Waals surface area contributed by atoms with Gasteiger partial charge in [-0.2, -0.15) is 0 Å². The highest BCUT2D eigenvalue weighted by atomic mass is 35.5. The number of amides is 1. The molecular formula is C28H36ClN3O4. The van der Waals surface area contributed by atoms with Gasteiger partial charge in [-0.1, -0.05) is 43.6 Å². The molecule has 0 saturated carbocycles. The number of carbonyl (C=O) groups excluding carboxylic acids is 1. The monoisotopic (exact) mass is 513 g/mol. The molecule has 36 heavy (non-hydrogen) atoms. The molecule has 1 amide bonds. The molecule has 0 radical (unpaired) electrons. The van der Waals surface area contributed by atoms with Gasteiger partial charge in [-0.15, -0.1) is 0 Å². The van der Waals surface area contributed by atoms with Gasteiger partial charge in [0.15, 0.2) is 11.5 Å². The fourth-order valence-corrected chi connectivity index (χ4v) is 4.43. The summed E-state index contributed by atoms with van der Waals surface area (Å²) in [4.78, 5) is 20.5. The van der Waals surface area contributed by atoms with Crippen LogP contribution in [0.1, 0.15) is 53.4 Å². The van der Waals surface area contributed by atoms with E-state index in [0.717, 1.165) is 34.9 Å². The van der Waals surface area contributed by atoms with E-state index in [1.165, 1.54) is 14.2 Å². The SMILES string of the molecule is COc1ccccc1Cn1c(CN(CCC(C)C)C(=O)c2ccc(OC)c(OC)c2Cl)nc(C)c1C. The number of aryl methyl sites for hydroxylation is 1. The van der Waals surface area contributed by atoms with Gasteiger partial charge in [0.2, 0.25) is 0 Å². The van der Waals surface area contributed by atoms with E-state index in [1.807, 2.05) is 43.0 Å². The van der Waals surface area contributed by atoms with Gasteiger partial charge in [0, 0.05) is 17.8 Å². The Morgan fingerprint density at radius 3 is 2.36 bits per heavy atom. The molecular weight excluding hydrogens is 478 g/mol. The van der Waals surface area contributed by atoms with E-state index < -0.39 is 0 Å². The number of nitrogens with zero attached hydrogens (tertiary/aromatic N) is 3. The highest BCUT2D eigenvalue weighted by molar-refractivity contribution is 6.35. The van der Waals surface area contributed by atoms with Crippen LogP contribution in [0.5, 0.6) is 17.2 Å². The van der Waals surface area contributed by atoms with E-state index in [9.17, 15) is 4.79 Å². The third kappa shape index (κ3) is 5.95. The van der Waals surface area contributed by atoms with Crippen LogP contribution in [0.4, 0.5) is 0 Å². The topological polar surface area (TPSA) is 65.8 Å². The van der Waals surface area contributed by atoms with Crippen molar-refractivity contribution in [1.29, 1.82) is 0 Å². The Hall–Kier alpha value is -3.19. The lowest BCUT2D eigenvalue weighted by Crippen LogP contribution is -2.33. The van der Waals surface area contributed by atoms with Gasteiger partial charge in [-0.05, 0) is 44.4 Å². The third-order valence-corrected chi connectivity index (χ3v) is 6.74. The first kappa shape index (κ1) is 27.4. The molecule has 0 saturated heterocycles. The summed E-state index contributed by atoms with van der Waals surface area (Å²) >= 11 is 6.61. The Bertz CT molecular complexity index is 1210. The smallest absolute Gasteiger partial charge is 0.255 e. The molecule has 1 aromatic heterocycles. The second-order valence-corrected chi connectivity index (χ2v) is 9.55. The largest absolute Gasteiger partial charge is 0.496 e. The van der Waals surface area contributed by atoms with Gasteiger partial charge in [-0.3, -0.25) is 4.79 Å². The minimum Gasteiger partial charge on any atom is -0.496 e. The molecule has 8 heteroatoms. The number of carbonyl (C=O) groups is 1. The number of methoxy groups -OCH3 is 3. The first-order valence-corrected chi connectivity index (χ1v) is 12.4. The van der Waals surface area contributed by atoms with Crippen molar-refractivity contribution in [2.75, 3.05) is 27.9 Å². The standard InChI is InChI=1S/C28H36ClN3O4/c1-18(2)14-15-31(28(33)22-12-13-24(35-6)27(36-7)26(22)29)17-25-30-19(3)20(4)32(25)16-21-10-8-9-11-23(21)34-5/h8-13,18H,14-17H2,1-7H3. The average Bonchev–Trinajstić information content (AvgIpc) is 3.13. The third-order valence-electron chi connectivity index (χ3n) is 6.37. The Labute approximate surface area is 218 Å². The first-order chi connectivity index (χ1) is 17.2. The summed E-state index contributed by atoms with van der Waals surface area (Å²) in [5, 5.41) is 0.237.